The Morgan fingerprint density at radius 2 is 2.30 bits per heavy atom. The van der Waals surface area contributed by atoms with E-state index in [9.17, 15) is 10.1 Å². The van der Waals surface area contributed by atoms with Gasteiger partial charge in [-0.25, -0.2) is 0 Å². The molecule has 0 radical (unpaired) electrons. The fourth-order valence-electron chi connectivity index (χ4n) is 2.08. The second kappa shape index (κ2) is 5.47. The zero-order chi connectivity index (χ0) is 14.8. The maximum absolute atomic E-state index is 11.1. The lowest BCUT2D eigenvalue weighted by atomic mass is 9.98. The van der Waals surface area contributed by atoms with E-state index in [1.807, 2.05) is 6.92 Å². The molecule has 0 bridgehead atoms. The molecule has 1 aromatic carbocycles. The number of hydrogen-bond donors (Lipinski definition) is 1. The third-order valence-electron chi connectivity index (χ3n) is 3.61. The number of nitro groups is 1. The molecular formula is C14H17N3O3. The summed E-state index contributed by atoms with van der Waals surface area (Å²) in [6.45, 7) is 1.90. The van der Waals surface area contributed by atoms with Crippen LogP contribution in [0.15, 0.2) is 18.2 Å². The topological polar surface area (TPSA) is 102 Å². The number of nitro benzene ring substituents is 1. The second-order valence-corrected chi connectivity index (χ2v) is 5.13. The predicted octanol–water partition coefficient (Wildman–Crippen LogP) is 2.17. The number of aryl methyl sites for hydroxylation is 1. The van der Waals surface area contributed by atoms with E-state index < -0.39 is 10.5 Å². The largest absolute Gasteiger partial charge is 0.484 e. The van der Waals surface area contributed by atoms with Gasteiger partial charge in [0.25, 0.3) is 0 Å². The molecule has 1 aliphatic carbocycles. The van der Waals surface area contributed by atoms with E-state index >= 15 is 0 Å². The highest BCUT2D eigenvalue weighted by Crippen LogP contribution is 2.39. The van der Waals surface area contributed by atoms with Gasteiger partial charge in [0, 0.05) is 6.07 Å². The lowest BCUT2D eigenvalue weighted by molar-refractivity contribution is -0.386. The maximum atomic E-state index is 11.1. The van der Waals surface area contributed by atoms with E-state index in [4.69, 9.17) is 15.7 Å². The molecule has 0 amide bonds. The van der Waals surface area contributed by atoms with Gasteiger partial charge in [-0.3, -0.25) is 10.1 Å². The molecule has 1 unspecified atom stereocenters. The quantitative estimate of drug-likeness (QED) is 0.633. The van der Waals surface area contributed by atoms with Crippen LogP contribution in [0.5, 0.6) is 5.75 Å². The average molecular weight is 275 g/mol. The first-order chi connectivity index (χ1) is 9.50. The molecule has 0 aromatic heterocycles. The molecule has 0 saturated heterocycles. The highest BCUT2D eigenvalue weighted by Gasteiger charge is 2.43. The lowest BCUT2D eigenvalue weighted by Gasteiger charge is -2.21. The number of nitrogens with two attached hydrogens (primary N) is 1. The zero-order valence-corrected chi connectivity index (χ0v) is 11.3. The number of ether oxygens (including phenoxy) is 1. The monoisotopic (exact) mass is 275 g/mol. The Morgan fingerprint density at radius 3 is 2.80 bits per heavy atom. The Balaban J connectivity index is 2.17. The van der Waals surface area contributed by atoms with Crippen molar-refractivity contribution in [3.8, 4) is 11.8 Å². The van der Waals surface area contributed by atoms with Crippen molar-refractivity contribution in [1.82, 2.24) is 0 Å². The van der Waals surface area contributed by atoms with Gasteiger partial charge in [-0.1, -0.05) is 13.0 Å². The van der Waals surface area contributed by atoms with Gasteiger partial charge in [-0.15, -0.1) is 0 Å². The summed E-state index contributed by atoms with van der Waals surface area (Å²) in [4.78, 5) is 10.6. The van der Waals surface area contributed by atoms with Crippen LogP contribution in [-0.2, 0) is 6.42 Å². The van der Waals surface area contributed by atoms with Crippen molar-refractivity contribution in [2.75, 3.05) is 6.61 Å². The van der Waals surface area contributed by atoms with Crippen molar-refractivity contribution in [3.63, 3.8) is 0 Å². The van der Waals surface area contributed by atoms with Crippen LogP contribution in [0.1, 0.15) is 25.3 Å². The van der Waals surface area contributed by atoms with Gasteiger partial charge >= 0.3 is 5.69 Å². The first kappa shape index (κ1) is 14.3. The van der Waals surface area contributed by atoms with E-state index in [0.717, 1.165) is 18.4 Å². The molecule has 1 fully saturated rings. The fraction of sp³-hybridized carbons (Fsp3) is 0.500. The molecule has 2 N–H and O–H groups in total. The van der Waals surface area contributed by atoms with Crippen LogP contribution in [0.25, 0.3) is 0 Å². The minimum atomic E-state index is -1.06. The summed E-state index contributed by atoms with van der Waals surface area (Å²) in [6, 6.07) is 6.91. The number of nitriles is 1. The maximum Gasteiger partial charge on any atom is 0.311 e. The third-order valence-corrected chi connectivity index (χ3v) is 3.61. The van der Waals surface area contributed by atoms with Crippen LogP contribution < -0.4 is 10.5 Å². The van der Waals surface area contributed by atoms with Crippen LogP contribution in [0.2, 0.25) is 0 Å². The molecule has 6 heteroatoms. The van der Waals surface area contributed by atoms with E-state index in [2.05, 4.69) is 6.07 Å². The van der Waals surface area contributed by atoms with E-state index in [0.29, 0.717) is 6.42 Å². The zero-order valence-electron chi connectivity index (χ0n) is 11.3. The molecule has 2 rings (SSSR count). The molecule has 1 aliphatic rings. The predicted molar refractivity (Wildman–Crippen MR) is 73.2 cm³/mol. The van der Waals surface area contributed by atoms with E-state index in [1.165, 1.54) is 6.07 Å². The average Bonchev–Trinajstić information content (AvgIpc) is 3.29. The van der Waals surface area contributed by atoms with Gasteiger partial charge in [-0.05, 0) is 36.8 Å². The highest BCUT2D eigenvalue weighted by atomic mass is 16.6. The summed E-state index contributed by atoms with van der Waals surface area (Å²) < 4.78 is 5.47. The molecule has 1 saturated carbocycles. The number of benzene rings is 1. The summed E-state index contributed by atoms with van der Waals surface area (Å²) in [7, 11) is 0. The Labute approximate surface area is 117 Å². The smallest absolute Gasteiger partial charge is 0.311 e. The normalized spacial score (nSPS) is 17.1. The molecular weight excluding hydrogens is 258 g/mol. The molecule has 6 nitrogen and oxygen atoms in total. The lowest BCUT2D eigenvalue weighted by Crippen LogP contribution is -2.46. The first-order valence-electron chi connectivity index (χ1n) is 6.60. The minimum Gasteiger partial charge on any atom is -0.484 e. The first-order valence-corrected chi connectivity index (χ1v) is 6.60. The summed E-state index contributed by atoms with van der Waals surface area (Å²) in [5.74, 6) is 0.291. The Kier molecular flexibility index (Phi) is 3.91. The van der Waals surface area contributed by atoms with Gasteiger partial charge in [0.1, 0.15) is 12.1 Å². The summed E-state index contributed by atoms with van der Waals surface area (Å²) in [5.41, 5.74) is 5.70. The van der Waals surface area contributed by atoms with Crippen LogP contribution in [0.3, 0.4) is 0 Å². The van der Waals surface area contributed by atoms with Crippen molar-refractivity contribution < 1.29 is 9.66 Å². The van der Waals surface area contributed by atoms with Gasteiger partial charge in [-0.2, -0.15) is 5.26 Å². The number of nitrogens with zero attached hydrogens (tertiary/aromatic N) is 2. The van der Waals surface area contributed by atoms with Gasteiger partial charge in [0.15, 0.2) is 5.75 Å². The van der Waals surface area contributed by atoms with E-state index in [1.54, 1.807) is 12.1 Å². The number of hydrogen-bond acceptors (Lipinski definition) is 5. The summed E-state index contributed by atoms with van der Waals surface area (Å²) in [5, 5.41) is 20.2. The Hall–Kier alpha value is -2.13. The van der Waals surface area contributed by atoms with Crippen molar-refractivity contribution in [1.29, 1.82) is 5.26 Å². The minimum absolute atomic E-state index is 0.0273. The van der Waals surface area contributed by atoms with Gasteiger partial charge in [0.05, 0.1) is 11.0 Å². The van der Waals surface area contributed by atoms with Crippen LogP contribution >= 0.6 is 0 Å². The molecule has 1 aromatic rings. The summed E-state index contributed by atoms with van der Waals surface area (Å²) >= 11 is 0. The number of rotatable bonds is 6. The second-order valence-electron chi connectivity index (χ2n) is 5.13. The van der Waals surface area contributed by atoms with Gasteiger partial charge < -0.3 is 10.5 Å². The molecule has 0 heterocycles. The van der Waals surface area contributed by atoms with Crippen molar-refractivity contribution in [2.45, 2.75) is 31.7 Å². The van der Waals surface area contributed by atoms with Crippen LogP contribution in [0.4, 0.5) is 5.69 Å². The van der Waals surface area contributed by atoms with Gasteiger partial charge in [0.2, 0.25) is 0 Å². The Bertz CT molecular complexity index is 563. The molecule has 0 spiro atoms. The van der Waals surface area contributed by atoms with Crippen LogP contribution in [-0.4, -0.2) is 17.1 Å². The SMILES string of the molecule is CCc1ccc(OCC(N)(C#N)C2CC2)c([N+](=O)[O-])c1. The molecule has 1 atom stereocenters. The standard InChI is InChI=1S/C14H17N3O3/c1-2-10-3-6-13(12(7-10)17(18)19)20-9-14(16,8-15)11-4-5-11/h3,6-7,11H,2,4-5,9,16H2,1H3. The molecule has 20 heavy (non-hydrogen) atoms. The van der Waals surface area contributed by atoms with Crippen molar-refractivity contribution >= 4 is 5.69 Å². The van der Waals surface area contributed by atoms with Crippen molar-refractivity contribution in [2.24, 2.45) is 11.7 Å². The third kappa shape index (κ3) is 2.89. The van der Waals surface area contributed by atoms with Crippen molar-refractivity contribution in [3.05, 3.63) is 33.9 Å². The Morgan fingerprint density at radius 1 is 1.60 bits per heavy atom. The molecule has 0 aliphatic heterocycles. The highest BCUT2D eigenvalue weighted by molar-refractivity contribution is 5.48. The van der Waals surface area contributed by atoms with E-state index in [-0.39, 0.29) is 24.0 Å². The summed E-state index contributed by atoms with van der Waals surface area (Å²) in [6.07, 6.45) is 2.52. The molecule has 106 valence electrons. The van der Waals surface area contributed by atoms with Crippen LogP contribution in [0, 0.1) is 27.4 Å². The fourth-order valence-corrected chi connectivity index (χ4v) is 2.08.